The molecule has 0 amide bonds. The minimum atomic E-state index is -3.72. The summed E-state index contributed by atoms with van der Waals surface area (Å²) in [6, 6.07) is 11.1. The molecule has 0 aliphatic carbocycles. The maximum absolute atomic E-state index is 14.5. The van der Waals surface area contributed by atoms with Crippen molar-refractivity contribution < 1.29 is 12.8 Å². The Morgan fingerprint density at radius 3 is 2.76 bits per heavy atom. The number of hydrogen-bond acceptors (Lipinski definition) is 3. The lowest BCUT2D eigenvalue weighted by Gasteiger charge is -2.22. The lowest BCUT2D eigenvalue weighted by Crippen LogP contribution is -2.20. The maximum atomic E-state index is 14.5. The molecule has 0 fully saturated rings. The van der Waals surface area contributed by atoms with Gasteiger partial charge < -0.3 is 0 Å². The summed E-state index contributed by atoms with van der Waals surface area (Å²) in [6.45, 7) is 0. The smallest absolute Gasteiger partial charge is 0.262 e. The highest BCUT2D eigenvalue weighted by Gasteiger charge is 2.31. The standard InChI is InChI=1S/C15H9FN2O2S/c16-11-8-9-4-3-7-17-14(9)15-13(11)10-5-1-2-6-12(10)21(19,20)18-15/h1-8,18H. The number of fused-ring (bicyclic) bond motifs is 5. The van der Waals surface area contributed by atoms with Crippen LogP contribution in [0.15, 0.2) is 53.6 Å². The fourth-order valence-electron chi connectivity index (χ4n) is 2.65. The van der Waals surface area contributed by atoms with E-state index in [1.54, 1.807) is 36.5 Å². The van der Waals surface area contributed by atoms with Crippen LogP contribution in [-0.4, -0.2) is 13.4 Å². The Morgan fingerprint density at radius 2 is 1.90 bits per heavy atom. The monoisotopic (exact) mass is 300 g/mol. The molecule has 21 heavy (non-hydrogen) atoms. The van der Waals surface area contributed by atoms with Gasteiger partial charge in [-0.25, -0.2) is 12.8 Å². The van der Waals surface area contributed by atoms with Gasteiger partial charge in [0.1, 0.15) is 5.82 Å². The number of sulfonamides is 1. The molecule has 1 N–H and O–H groups in total. The van der Waals surface area contributed by atoms with Gasteiger partial charge in [-0.1, -0.05) is 24.3 Å². The van der Waals surface area contributed by atoms with E-state index in [-0.39, 0.29) is 16.1 Å². The van der Waals surface area contributed by atoms with Gasteiger partial charge >= 0.3 is 0 Å². The van der Waals surface area contributed by atoms with Gasteiger partial charge in [0, 0.05) is 22.7 Å². The predicted octanol–water partition coefficient (Wildman–Crippen LogP) is 3.16. The molecule has 4 rings (SSSR count). The van der Waals surface area contributed by atoms with Crippen LogP contribution < -0.4 is 4.72 Å². The molecule has 2 heterocycles. The van der Waals surface area contributed by atoms with E-state index in [4.69, 9.17) is 0 Å². The molecule has 3 aromatic rings. The zero-order chi connectivity index (χ0) is 14.6. The van der Waals surface area contributed by atoms with Crippen LogP contribution in [0.5, 0.6) is 0 Å². The first-order chi connectivity index (χ1) is 10.1. The third-order valence-electron chi connectivity index (χ3n) is 3.53. The molecule has 0 unspecified atom stereocenters. The van der Waals surface area contributed by atoms with Crippen LogP contribution in [0.1, 0.15) is 0 Å². The minimum Gasteiger partial charge on any atom is -0.277 e. The molecule has 0 radical (unpaired) electrons. The summed E-state index contributed by atoms with van der Waals surface area (Å²) in [5.74, 6) is -0.472. The van der Waals surface area contributed by atoms with E-state index in [2.05, 4.69) is 9.71 Å². The van der Waals surface area contributed by atoms with Crippen LogP contribution >= 0.6 is 0 Å². The van der Waals surface area contributed by atoms with Crippen molar-refractivity contribution in [3.05, 3.63) is 54.5 Å². The number of pyridine rings is 1. The summed E-state index contributed by atoms with van der Waals surface area (Å²) >= 11 is 0. The van der Waals surface area contributed by atoms with E-state index in [9.17, 15) is 12.8 Å². The quantitative estimate of drug-likeness (QED) is 0.694. The maximum Gasteiger partial charge on any atom is 0.262 e. The van der Waals surface area contributed by atoms with E-state index in [1.807, 2.05) is 0 Å². The number of aromatic nitrogens is 1. The summed E-state index contributed by atoms with van der Waals surface area (Å²) < 4.78 is 41.6. The van der Waals surface area contributed by atoms with Crippen molar-refractivity contribution >= 4 is 26.6 Å². The molecule has 1 aliphatic heterocycles. The van der Waals surface area contributed by atoms with Crippen molar-refractivity contribution in [2.24, 2.45) is 0 Å². The Bertz CT molecular complexity index is 1000. The third-order valence-corrected chi connectivity index (χ3v) is 4.94. The van der Waals surface area contributed by atoms with Crippen molar-refractivity contribution in [1.82, 2.24) is 4.98 Å². The molecule has 0 bridgehead atoms. The van der Waals surface area contributed by atoms with Crippen molar-refractivity contribution in [3.63, 3.8) is 0 Å². The highest BCUT2D eigenvalue weighted by Crippen LogP contribution is 2.43. The lowest BCUT2D eigenvalue weighted by molar-refractivity contribution is 0.600. The molecule has 1 aliphatic rings. The number of nitrogens with zero attached hydrogens (tertiary/aromatic N) is 1. The summed E-state index contributed by atoms with van der Waals surface area (Å²) in [6.07, 6.45) is 1.55. The Morgan fingerprint density at radius 1 is 1.10 bits per heavy atom. The van der Waals surface area contributed by atoms with Crippen molar-refractivity contribution in [2.45, 2.75) is 4.90 Å². The zero-order valence-electron chi connectivity index (χ0n) is 10.7. The van der Waals surface area contributed by atoms with Crippen molar-refractivity contribution in [2.75, 3.05) is 4.72 Å². The molecule has 0 spiro atoms. The van der Waals surface area contributed by atoms with E-state index < -0.39 is 15.8 Å². The zero-order valence-corrected chi connectivity index (χ0v) is 11.5. The molecule has 104 valence electrons. The molecule has 4 nitrogen and oxygen atoms in total. The molecule has 0 atom stereocenters. The number of benzene rings is 2. The number of anilines is 1. The Labute approximate surface area is 120 Å². The van der Waals surface area contributed by atoms with Crippen molar-refractivity contribution in [1.29, 1.82) is 0 Å². The lowest BCUT2D eigenvalue weighted by atomic mass is 10.00. The first kappa shape index (κ1) is 12.3. The fourth-order valence-corrected chi connectivity index (χ4v) is 3.94. The van der Waals surface area contributed by atoms with Gasteiger partial charge in [-0.3, -0.25) is 9.71 Å². The van der Waals surface area contributed by atoms with Crippen LogP contribution in [0, 0.1) is 5.82 Å². The van der Waals surface area contributed by atoms with Crippen LogP contribution in [0.4, 0.5) is 10.1 Å². The number of rotatable bonds is 0. The first-order valence-corrected chi connectivity index (χ1v) is 7.76. The topological polar surface area (TPSA) is 59.1 Å². The summed E-state index contributed by atoms with van der Waals surface area (Å²) in [4.78, 5) is 4.26. The highest BCUT2D eigenvalue weighted by molar-refractivity contribution is 7.93. The largest absolute Gasteiger partial charge is 0.277 e. The summed E-state index contributed by atoms with van der Waals surface area (Å²) in [5.41, 5.74) is 1.24. The molecule has 2 aromatic carbocycles. The van der Waals surface area contributed by atoms with Gasteiger partial charge in [-0.05, 0) is 18.2 Å². The van der Waals surface area contributed by atoms with Gasteiger partial charge in [0.15, 0.2) is 0 Å². The predicted molar refractivity (Wildman–Crippen MR) is 77.9 cm³/mol. The van der Waals surface area contributed by atoms with Crippen LogP contribution in [0.25, 0.3) is 22.0 Å². The Kier molecular flexibility index (Phi) is 2.35. The number of halogens is 1. The van der Waals surface area contributed by atoms with Gasteiger partial charge in [-0.15, -0.1) is 0 Å². The Balaban J connectivity index is 2.22. The SMILES string of the molecule is O=S1(=O)Nc2c(c(F)cc3cccnc23)-c2ccccc21. The van der Waals surface area contributed by atoms with Crippen molar-refractivity contribution in [3.8, 4) is 11.1 Å². The molecule has 0 saturated carbocycles. The second-order valence-corrected chi connectivity index (χ2v) is 6.44. The Hall–Kier alpha value is -2.47. The fraction of sp³-hybridized carbons (Fsp3) is 0. The summed E-state index contributed by atoms with van der Waals surface area (Å²) in [7, 11) is -3.72. The van der Waals surface area contributed by atoms with Crippen LogP contribution in [0.2, 0.25) is 0 Å². The average Bonchev–Trinajstić information content (AvgIpc) is 2.47. The molecule has 6 heteroatoms. The van der Waals surface area contributed by atoms with Gasteiger partial charge in [0.05, 0.1) is 16.1 Å². The number of hydrogen-bond donors (Lipinski definition) is 1. The molecular weight excluding hydrogens is 291 g/mol. The van der Waals surface area contributed by atoms with E-state index >= 15 is 0 Å². The molecule has 0 saturated heterocycles. The first-order valence-electron chi connectivity index (χ1n) is 6.27. The van der Waals surface area contributed by atoms with Gasteiger partial charge in [-0.2, -0.15) is 0 Å². The van der Waals surface area contributed by atoms with Crippen LogP contribution in [0.3, 0.4) is 0 Å². The van der Waals surface area contributed by atoms with E-state index in [0.29, 0.717) is 16.5 Å². The van der Waals surface area contributed by atoms with E-state index in [1.165, 1.54) is 12.1 Å². The number of nitrogens with one attached hydrogen (secondary N) is 1. The van der Waals surface area contributed by atoms with Crippen LogP contribution in [-0.2, 0) is 10.0 Å². The summed E-state index contributed by atoms with van der Waals surface area (Å²) in [5, 5.41) is 0.552. The minimum absolute atomic E-state index is 0.0756. The highest BCUT2D eigenvalue weighted by atomic mass is 32.2. The van der Waals surface area contributed by atoms with Gasteiger partial charge in [0.2, 0.25) is 0 Å². The van der Waals surface area contributed by atoms with E-state index in [0.717, 1.165) is 0 Å². The second kappa shape index (κ2) is 4.02. The third kappa shape index (κ3) is 1.66. The molecular formula is C15H9FN2O2S. The second-order valence-electron chi connectivity index (χ2n) is 4.79. The van der Waals surface area contributed by atoms with Gasteiger partial charge in [0.25, 0.3) is 10.0 Å². The molecule has 1 aromatic heterocycles. The average molecular weight is 300 g/mol. The normalized spacial score (nSPS) is 15.1.